The summed E-state index contributed by atoms with van der Waals surface area (Å²) in [6.45, 7) is 1.05. The largest absolute Gasteiger partial charge is 0.399 e. The van der Waals surface area contributed by atoms with Gasteiger partial charge in [-0.05, 0) is 42.7 Å². The predicted molar refractivity (Wildman–Crippen MR) is 78.9 cm³/mol. The van der Waals surface area contributed by atoms with E-state index in [1.807, 2.05) is 12.1 Å². The minimum Gasteiger partial charge on any atom is -0.399 e. The first-order chi connectivity index (χ1) is 8.75. The summed E-state index contributed by atoms with van der Waals surface area (Å²) in [5, 5.41) is 0. The second kappa shape index (κ2) is 6.10. The SMILES string of the molecule is CN(CCCc1ccccc1)c1ccc(N)cc1. The number of nitrogen functional groups attached to an aromatic ring is 1. The molecule has 0 unspecified atom stereocenters. The van der Waals surface area contributed by atoms with Gasteiger partial charge in [0, 0.05) is 25.0 Å². The number of hydrogen-bond acceptors (Lipinski definition) is 2. The predicted octanol–water partition coefficient (Wildman–Crippen LogP) is 3.34. The van der Waals surface area contributed by atoms with Crippen molar-refractivity contribution in [2.24, 2.45) is 0 Å². The highest BCUT2D eigenvalue weighted by atomic mass is 15.1. The molecule has 2 aromatic rings. The van der Waals surface area contributed by atoms with Gasteiger partial charge in [-0.25, -0.2) is 0 Å². The minimum absolute atomic E-state index is 0.816. The first kappa shape index (κ1) is 12.5. The van der Waals surface area contributed by atoms with E-state index in [0.29, 0.717) is 0 Å². The van der Waals surface area contributed by atoms with E-state index in [1.54, 1.807) is 0 Å². The van der Waals surface area contributed by atoms with Crippen LogP contribution in [0, 0.1) is 0 Å². The van der Waals surface area contributed by atoms with Gasteiger partial charge in [0.1, 0.15) is 0 Å². The van der Waals surface area contributed by atoms with Gasteiger partial charge < -0.3 is 10.6 Å². The third-order valence-corrected chi connectivity index (χ3v) is 3.14. The van der Waals surface area contributed by atoms with Crippen molar-refractivity contribution in [1.82, 2.24) is 0 Å². The summed E-state index contributed by atoms with van der Waals surface area (Å²) < 4.78 is 0. The van der Waals surface area contributed by atoms with Crippen molar-refractivity contribution in [1.29, 1.82) is 0 Å². The lowest BCUT2D eigenvalue weighted by Crippen LogP contribution is -2.18. The molecule has 2 N–H and O–H groups in total. The monoisotopic (exact) mass is 240 g/mol. The first-order valence-corrected chi connectivity index (χ1v) is 6.36. The van der Waals surface area contributed by atoms with Crippen molar-refractivity contribution in [3.8, 4) is 0 Å². The molecule has 0 heterocycles. The van der Waals surface area contributed by atoms with Crippen LogP contribution in [-0.2, 0) is 6.42 Å². The van der Waals surface area contributed by atoms with Crippen LogP contribution in [-0.4, -0.2) is 13.6 Å². The van der Waals surface area contributed by atoms with Crippen LogP contribution in [0.4, 0.5) is 11.4 Å². The zero-order chi connectivity index (χ0) is 12.8. The fourth-order valence-electron chi connectivity index (χ4n) is 2.02. The van der Waals surface area contributed by atoms with E-state index < -0.39 is 0 Å². The maximum Gasteiger partial charge on any atom is 0.0365 e. The highest BCUT2D eigenvalue weighted by Crippen LogP contribution is 2.15. The van der Waals surface area contributed by atoms with Crippen LogP contribution in [0.2, 0.25) is 0 Å². The average Bonchev–Trinajstić information content (AvgIpc) is 2.40. The fourth-order valence-corrected chi connectivity index (χ4v) is 2.02. The van der Waals surface area contributed by atoms with E-state index in [2.05, 4.69) is 54.4 Å². The molecule has 2 rings (SSSR count). The highest BCUT2D eigenvalue weighted by molar-refractivity contribution is 5.52. The number of benzene rings is 2. The van der Waals surface area contributed by atoms with Crippen LogP contribution in [0.5, 0.6) is 0 Å². The molecule has 0 atom stereocenters. The molecule has 94 valence electrons. The number of rotatable bonds is 5. The van der Waals surface area contributed by atoms with E-state index >= 15 is 0 Å². The Morgan fingerprint density at radius 1 is 0.944 bits per heavy atom. The Bertz CT molecular complexity index is 462. The molecule has 0 aliphatic rings. The molecule has 0 aliphatic carbocycles. The molecule has 0 bridgehead atoms. The Morgan fingerprint density at radius 2 is 1.61 bits per heavy atom. The fraction of sp³-hybridized carbons (Fsp3) is 0.250. The van der Waals surface area contributed by atoms with Gasteiger partial charge >= 0.3 is 0 Å². The Labute approximate surface area is 109 Å². The van der Waals surface area contributed by atoms with E-state index in [0.717, 1.165) is 25.1 Å². The van der Waals surface area contributed by atoms with Gasteiger partial charge in [0.05, 0.1) is 0 Å². The normalized spacial score (nSPS) is 10.3. The van der Waals surface area contributed by atoms with Gasteiger partial charge in [-0.1, -0.05) is 30.3 Å². The molecule has 2 nitrogen and oxygen atoms in total. The molecule has 0 radical (unpaired) electrons. The summed E-state index contributed by atoms with van der Waals surface area (Å²) in [5.74, 6) is 0. The molecule has 0 fully saturated rings. The van der Waals surface area contributed by atoms with Crippen molar-refractivity contribution in [2.45, 2.75) is 12.8 Å². The first-order valence-electron chi connectivity index (χ1n) is 6.36. The van der Waals surface area contributed by atoms with Crippen molar-refractivity contribution in [2.75, 3.05) is 24.2 Å². The molecule has 0 aliphatic heterocycles. The standard InChI is InChI=1S/C16H20N2/c1-18(16-11-9-15(17)10-12-16)13-5-8-14-6-3-2-4-7-14/h2-4,6-7,9-12H,5,8,13,17H2,1H3. The van der Waals surface area contributed by atoms with E-state index in [9.17, 15) is 0 Å². The van der Waals surface area contributed by atoms with Gasteiger partial charge in [0.15, 0.2) is 0 Å². The lowest BCUT2D eigenvalue weighted by molar-refractivity contribution is 0.786. The molecule has 0 spiro atoms. The van der Waals surface area contributed by atoms with Crippen LogP contribution in [0.15, 0.2) is 54.6 Å². The van der Waals surface area contributed by atoms with Crippen molar-refractivity contribution < 1.29 is 0 Å². The second-order valence-corrected chi connectivity index (χ2v) is 4.60. The van der Waals surface area contributed by atoms with Crippen molar-refractivity contribution in [3.63, 3.8) is 0 Å². The Morgan fingerprint density at radius 3 is 2.28 bits per heavy atom. The minimum atomic E-state index is 0.816. The lowest BCUT2D eigenvalue weighted by Gasteiger charge is -2.19. The molecular formula is C16H20N2. The second-order valence-electron chi connectivity index (χ2n) is 4.60. The number of anilines is 2. The maximum atomic E-state index is 5.68. The zero-order valence-corrected chi connectivity index (χ0v) is 10.8. The number of hydrogen-bond donors (Lipinski definition) is 1. The van der Waals surface area contributed by atoms with Gasteiger partial charge in [0.25, 0.3) is 0 Å². The van der Waals surface area contributed by atoms with E-state index in [4.69, 9.17) is 5.73 Å². The smallest absolute Gasteiger partial charge is 0.0365 e. The zero-order valence-electron chi connectivity index (χ0n) is 10.8. The molecule has 0 amide bonds. The van der Waals surface area contributed by atoms with Gasteiger partial charge in [0.2, 0.25) is 0 Å². The summed E-state index contributed by atoms with van der Waals surface area (Å²) in [5.41, 5.74) is 9.13. The molecule has 18 heavy (non-hydrogen) atoms. The Balaban J connectivity index is 1.81. The number of aryl methyl sites for hydroxylation is 1. The van der Waals surface area contributed by atoms with Crippen LogP contribution >= 0.6 is 0 Å². The highest BCUT2D eigenvalue weighted by Gasteiger charge is 2.00. The molecule has 0 saturated carbocycles. The van der Waals surface area contributed by atoms with Crippen LogP contribution in [0.1, 0.15) is 12.0 Å². The Kier molecular flexibility index (Phi) is 4.24. The summed E-state index contributed by atoms with van der Waals surface area (Å²) in [4.78, 5) is 2.27. The van der Waals surface area contributed by atoms with Crippen LogP contribution in [0.3, 0.4) is 0 Å². The molecule has 0 aromatic heterocycles. The van der Waals surface area contributed by atoms with Crippen molar-refractivity contribution in [3.05, 3.63) is 60.2 Å². The van der Waals surface area contributed by atoms with Gasteiger partial charge in [-0.2, -0.15) is 0 Å². The van der Waals surface area contributed by atoms with Crippen LogP contribution < -0.4 is 10.6 Å². The summed E-state index contributed by atoms with van der Waals surface area (Å²) in [6.07, 6.45) is 2.28. The third kappa shape index (κ3) is 3.52. The van der Waals surface area contributed by atoms with E-state index in [-0.39, 0.29) is 0 Å². The third-order valence-electron chi connectivity index (χ3n) is 3.14. The van der Waals surface area contributed by atoms with Gasteiger partial charge in [-0.15, -0.1) is 0 Å². The van der Waals surface area contributed by atoms with E-state index in [1.165, 1.54) is 11.3 Å². The topological polar surface area (TPSA) is 29.3 Å². The lowest BCUT2D eigenvalue weighted by atomic mass is 10.1. The summed E-state index contributed by atoms with van der Waals surface area (Å²) in [6, 6.07) is 18.6. The molecular weight excluding hydrogens is 220 g/mol. The van der Waals surface area contributed by atoms with Crippen molar-refractivity contribution >= 4 is 11.4 Å². The molecule has 2 heteroatoms. The molecule has 2 aromatic carbocycles. The van der Waals surface area contributed by atoms with Crippen LogP contribution in [0.25, 0.3) is 0 Å². The average molecular weight is 240 g/mol. The van der Waals surface area contributed by atoms with Gasteiger partial charge in [-0.3, -0.25) is 0 Å². The molecule has 0 saturated heterocycles. The number of nitrogens with zero attached hydrogens (tertiary/aromatic N) is 1. The quantitative estimate of drug-likeness (QED) is 0.812. The number of nitrogens with two attached hydrogens (primary N) is 1. The Hall–Kier alpha value is -1.96. The summed E-state index contributed by atoms with van der Waals surface area (Å²) in [7, 11) is 2.12. The summed E-state index contributed by atoms with van der Waals surface area (Å²) >= 11 is 0. The maximum absolute atomic E-state index is 5.68.